The molecule has 1 aliphatic rings. The molecule has 1 rings (SSSR count). The van der Waals surface area contributed by atoms with E-state index in [1.54, 1.807) is 0 Å². The molecule has 0 atom stereocenters. The maximum Gasteiger partial charge on any atom is 0.261 e. The lowest BCUT2D eigenvalue weighted by Crippen LogP contribution is -2.30. The first-order valence-electron chi connectivity index (χ1n) is 5.31. The van der Waals surface area contributed by atoms with Crippen LogP contribution in [0.3, 0.4) is 0 Å². The fourth-order valence-electron chi connectivity index (χ4n) is 1.41. The van der Waals surface area contributed by atoms with Crippen molar-refractivity contribution >= 4 is 18.5 Å². The first-order valence-corrected chi connectivity index (χ1v) is 5.95. The Morgan fingerprint density at radius 3 is 2.69 bits per heavy atom. The van der Waals surface area contributed by atoms with E-state index < -0.39 is 13.0 Å². The van der Waals surface area contributed by atoms with Gasteiger partial charge in [0, 0.05) is 13.0 Å². The van der Waals surface area contributed by atoms with Gasteiger partial charge in [0.2, 0.25) is 5.91 Å². The van der Waals surface area contributed by atoms with Crippen LogP contribution < -0.4 is 5.32 Å². The molecule has 0 aliphatic heterocycles. The summed E-state index contributed by atoms with van der Waals surface area (Å²) in [4.78, 5) is 11.4. The average Bonchev–Trinajstić information content (AvgIpc) is 2.97. The zero-order valence-corrected chi connectivity index (χ0v) is 9.94. The molecule has 1 N–H and O–H groups in total. The Balaban J connectivity index is 1.98. The lowest BCUT2D eigenvalue weighted by molar-refractivity contribution is -0.122. The highest BCUT2D eigenvalue weighted by Gasteiger charge is 2.42. The van der Waals surface area contributed by atoms with Crippen LogP contribution in [0.15, 0.2) is 0 Å². The molecule has 0 saturated heterocycles. The van der Waals surface area contributed by atoms with E-state index in [1.165, 1.54) is 0 Å². The van der Waals surface area contributed by atoms with Crippen molar-refractivity contribution in [2.45, 2.75) is 25.7 Å². The lowest BCUT2D eigenvalue weighted by Gasteiger charge is -2.11. The van der Waals surface area contributed by atoms with Crippen molar-refractivity contribution in [3.05, 3.63) is 0 Å². The molecule has 0 heterocycles. The van der Waals surface area contributed by atoms with E-state index in [0.29, 0.717) is 6.42 Å². The van der Waals surface area contributed by atoms with Gasteiger partial charge in [0.25, 0.3) is 6.43 Å². The minimum absolute atomic E-state index is 0.0489. The summed E-state index contributed by atoms with van der Waals surface area (Å²) in [6.45, 7) is -0.158. The predicted molar refractivity (Wildman–Crippen MR) is 60.0 cm³/mol. The Kier molecular flexibility index (Phi) is 5.48. The van der Waals surface area contributed by atoms with E-state index in [0.717, 1.165) is 18.6 Å². The molecule has 0 radical (unpaired) electrons. The summed E-state index contributed by atoms with van der Waals surface area (Å²) in [6, 6.07) is 0. The standard InChI is InChI=1S/C10H17F2NO2S/c11-8(12)6-15-4-3-13-9(14)5-10(7-16)1-2-10/h8,16H,1-7H2,(H,13,14). The minimum Gasteiger partial charge on any atom is -0.374 e. The van der Waals surface area contributed by atoms with Crippen LogP contribution in [-0.4, -0.2) is 37.8 Å². The van der Waals surface area contributed by atoms with Crippen LogP contribution in [0.5, 0.6) is 0 Å². The molecule has 94 valence electrons. The van der Waals surface area contributed by atoms with Gasteiger partial charge in [-0.1, -0.05) is 0 Å². The van der Waals surface area contributed by atoms with Crippen molar-refractivity contribution in [3.63, 3.8) is 0 Å². The quantitative estimate of drug-likeness (QED) is 0.508. The first kappa shape index (κ1) is 13.7. The summed E-state index contributed by atoms with van der Waals surface area (Å²) in [6.07, 6.45) is 0.123. The predicted octanol–water partition coefficient (Wildman–Crippen LogP) is 1.48. The topological polar surface area (TPSA) is 38.3 Å². The van der Waals surface area contributed by atoms with Gasteiger partial charge in [-0.15, -0.1) is 0 Å². The molecule has 0 bridgehead atoms. The molecule has 1 aliphatic carbocycles. The van der Waals surface area contributed by atoms with Gasteiger partial charge in [-0.3, -0.25) is 4.79 Å². The van der Waals surface area contributed by atoms with Crippen LogP contribution >= 0.6 is 12.6 Å². The van der Waals surface area contributed by atoms with E-state index in [-0.39, 0.29) is 24.5 Å². The van der Waals surface area contributed by atoms with Crippen molar-refractivity contribution in [2.75, 3.05) is 25.5 Å². The fraction of sp³-hybridized carbons (Fsp3) is 0.900. The van der Waals surface area contributed by atoms with Crippen molar-refractivity contribution in [2.24, 2.45) is 5.41 Å². The van der Waals surface area contributed by atoms with Crippen molar-refractivity contribution in [3.8, 4) is 0 Å². The Morgan fingerprint density at radius 1 is 1.50 bits per heavy atom. The molecule has 16 heavy (non-hydrogen) atoms. The molecule has 1 saturated carbocycles. The number of nitrogens with one attached hydrogen (secondary N) is 1. The molecule has 1 amide bonds. The van der Waals surface area contributed by atoms with Crippen molar-refractivity contribution in [1.82, 2.24) is 5.32 Å². The summed E-state index contributed by atoms with van der Waals surface area (Å²) in [5, 5.41) is 2.64. The van der Waals surface area contributed by atoms with Gasteiger partial charge in [0.1, 0.15) is 6.61 Å². The molecular formula is C10H17F2NO2S. The SMILES string of the molecule is O=C(CC1(CS)CC1)NCCOCC(F)F. The Labute approximate surface area is 99.3 Å². The van der Waals surface area contributed by atoms with Gasteiger partial charge < -0.3 is 10.1 Å². The maximum absolute atomic E-state index is 11.7. The van der Waals surface area contributed by atoms with Gasteiger partial charge in [0.15, 0.2) is 0 Å². The number of thiol groups is 1. The second-order valence-corrected chi connectivity index (χ2v) is 4.47. The largest absolute Gasteiger partial charge is 0.374 e. The van der Waals surface area contributed by atoms with E-state index >= 15 is 0 Å². The molecular weight excluding hydrogens is 236 g/mol. The van der Waals surface area contributed by atoms with Crippen LogP contribution in [-0.2, 0) is 9.53 Å². The second-order valence-electron chi connectivity index (χ2n) is 4.15. The van der Waals surface area contributed by atoms with Gasteiger partial charge in [-0.2, -0.15) is 12.6 Å². The smallest absolute Gasteiger partial charge is 0.261 e. The highest BCUT2D eigenvalue weighted by atomic mass is 32.1. The van der Waals surface area contributed by atoms with Crippen LogP contribution in [0.25, 0.3) is 0 Å². The number of halogens is 2. The normalized spacial score (nSPS) is 17.5. The molecule has 3 nitrogen and oxygen atoms in total. The maximum atomic E-state index is 11.7. The summed E-state index contributed by atoms with van der Waals surface area (Å²) in [5.74, 6) is 0.676. The van der Waals surface area contributed by atoms with Crippen LogP contribution in [0.4, 0.5) is 8.78 Å². The number of hydrogen-bond acceptors (Lipinski definition) is 3. The van der Waals surface area contributed by atoms with E-state index in [2.05, 4.69) is 22.7 Å². The van der Waals surface area contributed by atoms with Crippen LogP contribution in [0.1, 0.15) is 19.3 Å². The van der Waals surface area contributed by atoms with Crippen LogP contribution in [0.2, 0.25) is 0 Å². The zero-order chi connectivity index (χ0) is 12.0. The van der Waals surface area contributed by atoms with Gasteiger partial charge in [0.05, 0.1) is 6.61 Å². The molecule has 0 aromatic rings. The third-order valence-corrected chi connectivity index (χ3v) is 3.31. The third kappa shape index (κ3) is 5.12. The van der Waals surface area contributed by atoms with E-state index in [4.69, 9.17) is 0 Å². The molecule has 6 heteroatoms. The van der Waals surface area contributed by atoms with E-state index in [9.17, 15) is 13.6 Å². The number of carbonyl (C=O) groups is 1. The summed E-state index contributed by atoms with van der Waals surface area (Å²) in [5.41, 5.74) is 0.0943. The second kappa shape index (κ2) is 6.39. The molecule has 0 aromatic carbocycles. The van der Waals surface area contributed by atoms with Gasteiger partial charge in [-0.05, 0) is 24.0 Å². The van der Waals surface area contributed by atoms with E-state index in [1.807, 2.05) is 0 Å². The van der Waals surface area contributed by atoms with Gasteiger partial charge >= 0.3 is 0 Å². The summed E-state index contributed by atoms with van der Waals surface area (Å²) >= 11 is 4.20. The highest BCUT2D eigenvalue weighted by Crippen LogP contribution is 2.49. The lowest BCUT2D eigenvalue weighted by atomic mass is 10.1. The zero-order valence-electron chi connectivity index (χ0n) is 9.05. The third-order valence-electron chi connectivity index (χ3n) is 2.64. The minimum atomic E-state index is -2.45. The summed E-state index contributed by atoms with van der Waals surface area (Å²) < 4.78 is 28.0. The first-order chi connectivity index (χ1) is 7.58. The van der Waals surface area contributed by atoms with Crippen molar-refractivity contribution < 1.29 is 18.3 Å². The number of carbonyl (C=O) groups excluding carboxylic acids is 1. The monoisotopic (exact) mass is 253 g/mol. The molecule has 0 spiro atoms. The number of rotatable bonds is 8. The Morgan fingerprint density at radius 2 is 2.19 bits per heavy atom. The highest BCUT2D eigenvalue weighted by molar-refractivity contribution is 7.80. The average molecular weight is 253 g/mol. The molecule has 0 aromatic heterocycles. The van der Waals surface area contributed by atoms with Crippen molar-refractivity contribution in [1.29, 1.82) is 0 Å². The number of alkyl halides is 2. The van der Waals surface area contributed by atoms with Crippen LogP contribution in [0, 0.1) is 5.41 Å². The molecule has 1 fully saturated rings. The number of amides is 1. The molecule has 0 unspecified atom stereocenters. The number of ether oxygens (including phenoxy) is 1. The summed E-state index contributed by atoms with van der Waals surface area (Å²) in [7, 11) is 0. The fourth-order valence-corrected chi connectivity index (χ4v) is 1.83. The Bertz CT molecular complexity index is 235. The number of hydrogen-bond donors (Lipinski definition) is 2. The Hall–Kier alpha value is -0.360. The van der Waals surface area contributed by atoms with Gasteiger partial charge in [-0.25, -0.2) is 8.78 Å².